The second-order valence-electron chi connectivity index (χ2n) is 12.7. The summed E-state index contributed by atoms with van der Waals surface area (Å²) in [6, 6.07) is 6.73. The number of rotatable bonds is 5. The average Bonchev–Trinajstić information content (AvgIpc) is 3.76. The van der Waals surface area contributed by atoms with Crippen molar-refractivity contribution in [2.45, 2.75) is 49.5 Å². The molecule has 1 aliphatic carbocycles. The van der Waals surface area contributed by atoms with E-state index in [1.807, 2.05) is 11.0 Å². The van der Waals surface area contributed by atoms with Crippen molar-refractivity contribution < 1.29 is 31.4 Å². The standard InChI is InChI=1S/C31H24F5N7O2S/c32-20-4-3-16(21-18(6-37)26(39)46-25(20)21)22-19(31(34,35)36)5-17-24(23(22)33)41-28(44-12-29-9-30(10-29,11-38)45-13-29)42-27(17)43-7-14-1-2-15(8-43)40-14/h3-5,14-15,40H,1-2,7-10,12-13,39H2. The molecule has 15 heteroatoms. The van der Waals surface area contributed by atoms with Crippen LogP contribution >= 0.6 is 11.3 Å². The third-order valence-corrected chi connectivity index (χ3v) is 10.6. The third-order valence-electron chi connectivity index (χ3n) is 9.60. The number of nitrogens with zero attached hydrogens (tertiary/aromatic N) is 5. The second-order valence-corrected chi connectivity index (χ2v) is 13.7. The lowest BCUT2D eigenvalue weighted by Crippen LogP contribution is -2.51. The Hall–Kier alpha value is -4.31. The van der Waals surface area contributed by atoms with Gasteiger partial charge in [0.1, 0.15) is 28.2 Å². The van der Waals surface area contributed by atoms with Crippen molar-refractivity contribution in [1.82, 2.24) is 15.3 Å². The predicted octanol–water partition coefficient (Wildman–Crippen LogP) is 5.65. The van der Waals surface area contributed by atoms with Crippen LogP contribution in [0.15, 0.2) is 18.2 Å². The van der Waals surface area contributed by atoms with Gasteiger partial charge in [0.25, 0.3) is 0 Å². The van der Waals surface area contributed by atoms with Crippen LogP contribution in [-0.4, -0.2) is 54.0 Å². The van der Waals surface area contributed by atoms with Crippen molar-refractivity contribution in [2.24, 2.45) is 5.41 Å². The molecule has 2 atom stereocenters. The lowest BCUT2D eigenvalue weighted by molar-refractivity contribution is -0.137. The lowest BCUT2D eigenvalue weighted by atomic mass is 9.63. The van der Waals surface area contributed by atoms with Crippen LogP contribution in [0.2, 0.25) is 0 Å². The van der Waals surface area contributed by atoms with E-state index in [9.17, 15) is 28.1 Å². The summed E-state index contributed by atoms with van der Waals surface area (Å²) < 4.78 is 87.7. The van der Waals surface area contributed by atoms with Crippen LogP contribution in [0.1, 0.15) is 36.8 Å². The summed E-state index contributed by atoms with van der Waals surface area (Å²) >= 11 is 0.703. The van der Waals surface area contributed by atoms with Crippen LogP contribution < -0.4 is 20.7 Å². The van der Waals surface area contributed by atoms with Crippen LogP contribution in [0.3, 0.4) is 0 Å². The Morgan fingerprint density at radius 3 is 2.54 bits per heavy atom. The molecule has 4 bridgehead atoms. The van der Waals surface area contributed by atoms with E-state index in [1.54, 1.807) is 0 Å². The van der Waals surface area contributed by atoms with Gasteiger partial charge in [-0.1, -0.05) is 6.07 Å². The molecule has 9 nitrogen and oxygen atoms in total. The molecular weight excluding hydrogens is 629 g/mol. The molecule has 4 aliphatic heterocycles. The molecule has 6 heterocycles. The molecule has 2 aromatic heterocycles. The zero-order valence-electron chi connectivity index (χ0n) is 24.0. The Balaban J connectivity index is 1.34. The van der Waals surface area contributed by atoms with Crippen molar-refractivity contribution in [1.29, 1.82) is 10.5 Å². The van der Waals surface area contributed by atoms with Gasteiger partial charge < -0.3 is 25.4 Å². The summed E-state index contributed by atoms with van der Waals surface area (Å²) in [4.78, 5) is 10.7. The Bertz CT molecular complexity index is 2030. The average molecular weight is 654 g/mol. The number of nitriles is 2. The quantitative estimate of drug-likeness (QED) is 0.262. The van der Waals surface area contributed by atoms with Gasteiger partial charge in [0.05, 0.1) is 35.1 Å². The van der Waals surface area contributed by atoms with Crippen LogP contribution in [0, 0.1) is 39.7 Å². The minimum Gasteiger partial charge on any atom is -0.463 e. The maximum Gasteiger partial charge on any atom is 0.417 e. The number of thiophene rings is 1. The first kappa shape index (κ1) is 29.1. The van der Waals surface area contributed by atoms with Gasteiger partial charge in [0.15, 0.2) is 11.4 Å². The molecule has 9 rings (SSSR count). The lowest BCUT2D eigenvalue weighted by Gasteiger charge is -2.39. The fourth-order valence-corrected chi connectivity index (χ4v) is 8.54. The van der Waals surface area contributed by atoms with E-state index in [2.05, 4.69) is 21.4 Å². The van der Waals surface area contributed by atoms with Gasteiger partial charge >= 0.3 is 12.2 Å². The smallest absolute Gasteiger partial charge is 0.417 e. The number of piperazine rings is 1. The summed E-state index contributed by atoms with van der Waals surface area (Å²) in [5, 5.41) is 22.2. The molecule has 2 unspecified atom stereocenters. The first-order valence-electron chi connectivity index (χ1n) is 14.6. The SMILES string of the molecule is N#Cc1c(N)sc2c(F)ccc(-c3c(C(F)(F)F)cc4c(N5CC6CCC(C5)N6)nc(OCC56COC(C#N)(C5)C6)nc4c3F)c12. The number of ether oxygens (including phenoxy) is 2. The number of nitrogens with two attached hydrogens (primary N) is 1. The number of anilines is 2. The van der Waals surface area contributed by atoms with E-state index in [4.69, 9.17) is 15.2 Å². The Morgan fingerprint density at radius 2 is 1.89 bits per heavy atom. The van der Waals surface area contributed by atoms with Crippen LogP contribution in [-0.2, 0) is 10.9 Å². The highest BCUT2D eigenvalue weighted by molar-refractivity contribution is 7.23. The second kappa shape index (κ2) is 9.84. The molecule has 46 heavy (non-hydrogen) atoms. The number of fused-ring (bicyclic) bond motifs is 5. The topological polar surface area (TPSA) is 133 Å². The van der Waals surface area contributed by atoms with E-state index in [0.29, 0.717) is 43.9 Å². The Morgan fingerprint density at radius 1 is 1.15 bits per heavy atom. The summed E-state index contributed by atoms with van der Waals surface area (Å²) in [6.45, 7) is 1.24. The van der Waals surface area contributed by atoms with E-state index >= 15 is 4.39 Å². The fraction of sp³-hybridized carbons (Fsp3) is 0.419. The zero-order valence-corrected chi connectivity index (χ0v) is 24.8. The van der Waals surface area contributed by atoms with Gasteiger partial charge in [-0.15, -0.1) is 11.3 Å². The summed E-state index contributed by atoms with van der Waals surface area (Å²) in [6.07, 6.45) is -2.37. The van der Waals surface area contributed by atoms with Crippen LogP contribution in [0.5, 0.6) is 6.01 Å². The number of nitrogens with one attached hydrogen (secondary N) is 1. The highest BCUT2D eigenvalue weighted by Gasteiger charge is 2.63. The molecule has 0 spiro atoms. The molecule has 0 amide bonds. The van der Waals surface area contributed by atoms with Crippen molar-refractivity contribution >= 4 is 43.1 Å². The molecule has 1 saturated carbocycles. The molecule has 2 aromatic carbocycles. The highest BCUT2D eigenvalue weighted by Crippen LogP contribution is 2.57. The molecule has 0 radical (unpaired) electrons. The molecule has 236 valence electrons. The molecule has 4 aromatic rings. The van der Waals surface area contributed by atoms with Gasteiger partial charge in [-0.25, -0.2) is 8.78 Å². The fourth-order valence-electron chi connectivity index (χ4n) is 7.59. The number of benzene rings is 2. The number of hydrogen-bond acceptors (Lipinski definition) is 10. The monoisotopic (exact) mass is 653 g/mol. The van der Waals surface area contributed by atoms with Crippen molar-refractivity contribution in [3.8, 4) is 29.3 Å². The molecule has 3 N–H and O–H groups in total. The first-order valence-corrected chi connectivity index (χ1v) is 15.5. The predicted molar refractivity (Wildman–Crippen MR) is 158 cm³/mol. The van der Waals surface area contributed by atoms with Crippen molar-refractivity contribution in [3.63, 3.8) is 0 Å². The van der Waals surface area contributed by atoms with E-state index in [0.717, 1.165) is 31.0 Å². The normalized spacial score (nSPS) is 26.7. The molecule has 4 saturated heterocycles. The Kier molecular flexibility index (Phi) is 6.23. The summed E-state index contributed by atoms with van der Waals surface area (Å²) in [5.41, 5.74) is 1.47. The van der Waals surface area contributed by atoms with Gasteiger partial charge in [-0.3, -0.25) is 0 Å². The minimum atomic E-state index is -5.05. The summed E-state index contributed by atoms with van der Waals surface area (Å²) in [5.74, 6) is -2.00. The molecular formula is C31H24F5N7O2S. The maximum atomic E-state index is 16.9. The van der Waals surface area contributed by atoms with E-state index < -0.39 is 45.5 Å². The van der Waals surface area contributed by atoms with Gasteiger partial charge in [-0.2, -0.15) is 33.7 Å². The first-order chi connectivity index (χ1) is 21.9. The third kappa shape index (κ3) is 4.29. The van der Waals surface area contributed by atoms with Crippen LogP contribution in [0.25, 0.3) is 32.1 Å². The number of aromatic nitrogens is 2. The van der Waals surface area contributed by atoms with E-state index in [1.165, 1.54) is 0 Å². The highest BCUT2D eigenvalue weighted by atomic mass is 32.1. The van der Waals surface area contributed by atoms with Gasteiger partial charge in [-0.05, 0) is 30.5 Å². The minimum absolute atomic E-state index is 0.0710. The van der Waals surface area contributed by atoms with Gasteiger partial charge in [0.2, 0.25) is 0 Å². The number of halogens is 5. The van der Waals surface area contributed by atoms with Crippen molar-refractivity contribution in [2.75, 3.05) is 36.9 Å². The summed E-state index contributed by atoms with van der Waals surface area (Å²) in [7, 11) is 0. The zero-order chi connectivity index (χ0) is 32.2. The van der Waals surface area contributed by atoms with E-state index in [-0.39, 0.29) is 62.1 Å². The van der Waals surface area contributed by atoms with Gasteiger partial charge in [0, 0.05) is 59.8 Å². The number of hydrogen-bond donors (Lipinski definition) is 2. The maximum absolute atomic E-state index is 16.9. The number of alkyl halides is 3. The van der Waals surface area contributed by atoms with Crippen molar-refractivity contribution in [3.05, 3.63) is 41.0 Å². The van der Waals surface area contributed by atoms with Crippen LogP contribution in [0.4, 0.5) is 32.8 Å². The number of nitrogen functional groups attached to an aromatic ring is 1. The Labute approximate surface area is 262 Å². The molecule has 5 fully saturated rings. The largest absolute Gasteiger partial charge is 0.463 e. The molecule has 5 aliphatic rings.